The SMILES string of the molecule is NC(=O)NC(N)=O.O=C(O)c1cccnc1C(=O)O. The van der Waals surface area contributed by atoms with Crippen LogP contribution in [0.1, 0.15) is 20.8 Å². The lowest BCUT2D eigenvalue weighted by atomic mass is 10.2. The first-order valence-corrected chi connectivity index (χ1v) is 4.53. The summed E-state index contributed by atoms with van der Waals surface area (Å²) in [6.07, 6.45) is 1.23. The molecule has 0 aromatic carbocycles. The Kier molecular flexibility index (Phi) is 6.01. The van der Waals surface area contributed by atoms with E-state index in [9.17, 15) is 19.2 Å². The number of nitrogens with one attached hydrogen (secondary N) is 1. The molecule has 0 aliphatic rings. The van der Waals surface area contributed by atoms with Crippen LogP contribution >= 0.6 is 0 Å². The van der Waals surface area contributed by atoms with Crippen LogP contribution in [0, 0.1) is 0 Å². The smallest absolute Gasteiger partial charge is 0.355 e. The van der Waals surface area contributed by atoms with E-state index in [-0.39, 0.29) is 5.56 Å². The van der Waals surface area contributed by atoms with E-state index in [4.69, 9.17) is 10.2 Å². The van der Waals surface area contributed by atoms with Gasteiger partial charge in [0.1, 0.15) is 0 Å². The van der Waals surface area contributed by atoms with Gasteiger partial charge in [-0.1, -0.05) is 0 Å². The maximum absolute atomic E-state index is 10.4. The number of pyridine rings is 1. The predicted octanol–water partition coefficient (Wildman–Crippen LogP) is -0.789. The Balaban J connectivity index is 0.000000399. The Morgan fingerprint density at radius 2 is 1.58 bits per heavy atom. The number of nitrogens with two attached hydrogens (primary N) is 2. The van der Waals surface area contributed by atoms with E-state index in [1.165, 1.54) is 18.3 Å². The number of amides is 4. The van der Waals surface area contributed by atoms with Crippen molar-refractivity contribution >= 4 is 24.0 Å². The average Bonchev–Trinajstić information content (AvgIpc) is 2.27. The largest absolute Gasteiger partial charge is 0.478 e. The molecule has 0 spiro atoms. The average molecular weight is 270 g/mol. The van der Waals surface area contributed by atoms with Crippen LogP contribution in [0.4, 0.5) is 9.59 Å². The van der Waals surface area contributed by atoms with Crippen molar-refractivity contribution in [3.63, 3.8) is 0 Å². The summed E-state index contributed by atoms with van der Waals surface area (Å²) < 4.78 is 0. The van der Waals surface area contributed by atoms with Crippen molar-refractivity contribution in [2.24, 2.45) is 11.5 Å². The summed E-state index contributed by atoms with van der Waals surface area (Å²) >= 11 is 0. The fourth-order valence-electron chi connectivity index (χ4n) is 0.870. The third-order valence-corrected chi connectivity index (χ3v) is 1.49. The molecule has 10 nitrogen and oxygen atoms in total. The molecule has 0 atom stereocenters. The number of carboxylic acid groups (broad SMARTS) is 2. The number of aromatic nitrogens is 1. The summed E-state index contributed by atoms with van der Waals surface area (Å²) in [5.41, 5.74) is 8.14. The summed E-state index contributed by atoms with van der Waals surface area (Å²) in [6.45, 7) is 0. The molecule has 0 fully saturated rings. The quantitative estimate of drug-likeness (QED) is 0.465. The van der Waals surface area contributed by atoms with Crippen LogP contribution in [-0.4, -0.2) is 39.2 Å². The molecule has 0 saturated carbocycles. The maximum atomic E-state index is 10.4. The first-order valence-electron chi connectivity index (χ1n) is 4.53. The van der Waals surface area contributed by atoms with Gasteiger partial charge in [-0.2, -0.15) is 0 Å². The number of hydrogen-bond donors (Lipinski definition) is 5. The fourth-order valence-corrected chi connectivity index (χ4v) is 0.870. The molecule has 0 saturated heterocycles. The van der Waals surface area contributed by atoms with Gasteiger partial charge in [0.15, 0.2) is 5.69 Å². The first kappa shape index (κ1) is 15.8. The molecule has 1 heterocycles. The van der Waals surface area contributed by atoms with Gasteiger partial charge in [0.05, 0.1) is 5.56 Å². The third-order valence-electron chi connectivity index (χ3n) is 1.49. The molecule has 0 radical (unpaired) electrons. The van der Waals surface area contributed by atoms with E-state index < -0.39 is 29.7 Å². The second-order valence-corrected chi connectivity index (χ2v) is 2.86. The van der Waals surface area contributed by atoms with E-state index in [0.29, 0.717) is 0 Å². The van der Waals surface area contributed by atoms with Crippen LogP contribution in [0.2, 0.25) is 0 Å². The summed E-state index contributed by atoms with van der Waals surface area (Å²) in [7, 11) is 0. The Hall–Kier alpha value is -3.17. The second kappa shape index (κ2) is 7.21. The number of carbonyl (C=O) groups excluding carboxylic acids is 2. The number of aromatic carboxylic acids is 2. The van der Waals surface area contributed by atoms with Gasteiger partial charge in [0, 0.05) is 6.20 Å². The van der Waals surface area contributed by atoms with Crippen molar-refractivity contribution in [1.82, 2.24) is 10.3 Å². The van der Waals surface area contributed by atoms with Crippen molar-refractivity contribution in [2.75, 3.05) is 0 Å². The fraction of sp³-hybridized carbons (Fsp3) is 0. The summed E-state index contributed by atoms with van der Waals surface area (Å²) in [5, 5.41) is 18.6. The number of carbonyl (C=O) groups is 4. The molecule has 0 aliphatic carbocycles. The van der Waals surface area contributed by atoms with Crippen LogP contribution in [0.25, 0.3) is 0 Å². The zero-order valence-electron chi connectivity index (χ0n) is 9.36. The van der Waals surface area contributed by atoms with Crippen molar-refractivity contribution in [2.45, 2.75) is 0 Å². The lowest BCUT2D eigenvalue weighted by Gasteiger charge is -1.97. The van der Waals surface area contributed by atoms with Crippen LogP contribution in [0.5, 0.6) is 0 Å². The highest BCUT2D eigenvalue weighted by atomic mass is 16.4. The normalized spacial score (nSPS) is 8.63. The first-order chi connectivity index (χ1) is 8.75. The van der Waals surface area contributed by atoms with E-state index in [1.807, 2.05) is 0 Å². The van der Waals surface area contributed by atoms with Gasteiger partial charge in [0.2, 0.25) is 0 Å². The molecule has 7 N–H and O–H groups in total. The van der Waals surface area contributed by atoms with Crippen molar-refractivity contribution in [3.8, 4) is 0 Å². The molecule has 4 amide bonds. The number of urea groups is 2. The molecule has 1 rings (SSSR count). The Labute approximate surface area is 106 Å². The standard InChI is InChI=1S/C7H5NO4.C2H5N3O2/c9-6(10)4-2-1-3-8-5(4)7(11)12;3-1(6)5-2(4)7/h1-3H,(H,9,10)(H,11,12);(H5,3,4,5,6,7). The molecule has 0 aliphatic heterocycles. The van der Waals surface area contributed by atoms with Gasteiger partial charge in [-0.25, -0.2) is 24.2 Å². The Morgan fingerprint density at radius 1 is 1.05 bits per heavy atom. The van der Waals surface area contributed by atoms with E-state index in [2.05, 4.69) is 16.5 Å². The molecule has 19 heavy (non-hydrogen) atoms. The predicted molar refractivity (Wildman–Crippen MR) is 60.5 cm³/mol. The van der Waals surface area contributed by atoms with Gasteiger partial charge < -0.3 is 21.7 Å². The van der Waals surface area contributed by atoms with E-state index in [0.717, 1.165) is 0 Å². The van der Waals surface area contributed by atoms with E-state index in [1.54, 1.807) is 5.32 Å². The molecule has 1 aromatic heterocycles. The minimum Gasteiger partial charge on any atom is -0.478 e. The lowest BCUT2D eigenvalue weighted by molar-refractivity contribution is 0.0646. The van der Waals surface area contributed by atoms with Crippen molar-refractivity contribution in [3.05, 3.63) is 29.6 Å². The van der Waals surface area contributed by atoms with Crippen molar-refractivity contribution in [1.29, 1.82) is 0 Å². The third kappa shape index (κ3) is 6.21. The molecule has 1 aromatic rings. The zero-order chi connectivity index (χ0) is 15.0. The van der Waals surface area contributed by atoms with Gasteiger partial charge >= 0.3 is 24.0 Å². The minimum absolute atomic E-state index is 0.301. The van der Waals surface area contributed by atoms with Crippen LogP contribution < -0.4 is 16.8 Å². The monoisotopic (exact) mass is 270 g/mol. The highest BCUT2D eigenvalue weighted by molar-refractivity contribution is 6.00. The highest BCUT2D eigenvalue weighted by Crippen LogP contribution is 2.04. The van der Waals surface area contributed by atoms with Crippen molar-refractivity contribution < 1.29 is 29.4 Å². The van der Waals surface area contributed by atoms with Crippen LogP contribution in [-0.2, 0) is 0 Å². The zero-order valence-corrected chi connectivity index (χ0v) is 9.36. The lowest BCUT2D eigenvalue weighted by Crippen LogP contribution is -2.38. The highest BCUT2D eigenvalue weighted by Gasteiger charge is 2.15. The number of rotatable bonds is 2. The van der Waals surface area contributed by atoms with Gasteiger partial charge in [0.25, 0.3) is 0 Å². The van der Waals surface area contributed by atoms with Crippen LogP contribution in [0.15, 0.2) is 18.3 Å². The topological polar surface area (TPSA) is 186 Å². The second-order valence-electron chi connectivity index (χ2n) is 2.86. The summed E-state index contributed by atoms with van der Waals surface area (Å²) in [5.74, 6) is -2.63. The number of primary amides is 2. The number of imide groups is 1. The van der Waals surface area contributed by atoms with Gasteiger partial charge in [-0.05, 0) is 12.1 Å². The minimum atomic E-state index is -1.34. The summed E-state index contributed by atoms with van der Waals surface area (Å²) in [4.78, 5) is 43.5. The molecule has 0 bridgehead atoms. The Morgan fingerprint density at radius 3 is 1.84 bits per heavy atom. The van der Waals surface area contributed by atoms with Gasteiger partial charge in [-0.15, -0.1) is 0 Å². The van der Waals surface area contributed by atoms with Gasteiger partial charge in [-0.3, -0.25) is 5.32 Å². The maximum Gasteiger partial charge on any atom is 0.355 e. The molecular weight excluding hydrogens is 260 g/mol. The Bertz CT molecular complexity index is 470. The molecule has 0 unspecified atom stereocenters. The molecule has 102 valence electrons. The number of carboxylic acids is 2. The summed E-state index contributed by atoms with van der Waals surface area (Å²) in [6, 6.07) is 0.689. The number of hydrogen-bond acceptors (Lipinski definition) is 5. The van der Waals surface area contributed by atoms with E-state index >= 15 is 0 Å². The molecule has 10 heteroatoms. The molecular formula is C9H10N4O6. The van der Waals surface area contributed by atoms with Crippen LogP contribution in [0.3, 0.4) is 0 Å². The number of nitrogens with zero attached hydrogens (tertiary/aromatic N) is 1.